The lowest BCUT2D eigenvalue weighted by molar-refractivity contribution is -0.141. The highest BCUT2D eigenvalue weighted by Crippen LogP contribution is 2.31. The first-order chi connectivity index (χ1) is 9.82. The Morgan fingerprint density at radius 3 is 2.48 bits per heavy atom. The predicted molar refractivity (Wildman–Crippen MR) is 69.6 cm³/mol. The maximum atomic E-state index is 12.7. The minimum Gasteiger partial charge on any atom is -0.355 e. The lowest BCUT2D eigenvalue weighted by Crippen LogP contribution is -2.37. The molecule has 21 heavy (non-hydrogen) atoms. The van der Waals surface area contributed by atoms with Crippen LogP contribution < -0.4 is 4.90 Å². The Labute approximate surface area is 120 Å². The molecule has 0 saturated carbocycles. The van der Waals surface area contributed by atoms with E-state index in [-0.39, 0.29) is 23.1 Å². The summed E-state index contributed by atoms with van der Waals surface area (Å²) in [6.45, 7) is 2.37. The fraction of sp³-hybridized carbons (Fsp3) is 0.500. The number of rotatable bonds is 2. The molecule has 2 rings (SSSR count). The number of Topliss-reactive ketones (excluding diaryl/α,β-unsaturated/α-hetero) is 1. The number of hydrogen-bond acceptors (Lipinski definition) is 4. The second-order valence-electron chi connectivity index (χ2n) is 5.05. The summed E-state index contributed by atoms with van der Waals surface area (Å²) in [7, 11) is 0. The minimum absolute atomic E-state index is 0.0503. The third-order valence-electron chi connectivity index (χ3n) is 3.66. The second-order valence-corrected chi connectivity index (χ2v) is 5.05. The smallest absolute Gasteiger partial charge is 0.355 e. The molecular formula is C14H14F3N3O. The van der Waals surface area contributed by atoms with Gasteiger partial charge in [0.05, 0.1) is 5.56 Å². The average molecular weight is 297 g/mol. The Kier molecular flexibility index (Phi) is 4.16. The summed E-state index contributed by atoms with van der Waals surface area (Å²) < 4.78 is 38.2. The Balaban J connectivity index is 2.27. The number of nitrogens with zero attached hydrogens (tertiary/aromatic N) is 3. The minimum atomic E-state index is -4.54. The van der Waals surface area contributed by atoms with Gasteiger partial charge in [0.1, 0.15) is 23.4 Å². The summed E-state index contributed by atoms with van der Waals surface area (Å²) in [5, 5.41) is 9.03. The topological polar surface area (TPSA) is 57.0 Å². The molecule has 0 aromatic carbocycles. The normalized spacial score (nSPS) is 16.6. The molecule has 0 amide bonds. The monoisotopic (exact) mass is 297 g/mol. The van der Waals surface area contributed by atoms with Crippen LogP contribution in [0.25, 0.3) is 0 Å². The fourth-order valence-electron chi connectivity index (χ4n) is 2.43. The summed E-state index contributed by atoms with van der Waals surface area (Å²) in [5.41, 5.74) is -0.894. The van der Waals surface area contributed by atoms with E-state index in [4.69, 9.17) is 5.26 Å². The average Bonchev–Trinajstić information content (AvgIpc) is 2.45. The molecule has 0 radical (unpaired) electrons. The van der Waals surface area contributed by atoms with Gasteiger partial charge in [0.15, 0.2) is 0 Å². The van der Waals surface area contributed by atoms with E-state index in [2.05, 4.69) is 4.98 Å². The van der Waals surface area contributed by atoms with Crippen molar-refractivity contribution in [2.75, 3.05) is 18.0 Å². The van der Waals surface area contributed by atoms with Gasteiger partial charge in [-0.3, -0.25) is 4.79 Å². The Morgan fingerprint density at radius 2 is 2.00 bits per heavy atom. The molecule has 0 spiro atoms. The molecule has 0 bridgehead atoms. The van der Waals surface area contributed by atoms with Gasteiger partial charge in [-0.2, -0.15) is 18.4 Å². The molecule has 0 unspecified atom stereocenters. The molecule has 1 aliphatic rings. The van der Waals surface area contributed by atoms with E-state index in [1.54, 1.807) is 4.90 Å². The number of nitriles is 1. The van der Waals surface area contributed by atoms with Crippen LogP contribution in [-0.4, -0.2) is 23.9 Å². The molecular weight excluding hydrogens is 283 g/mol. The first kappa shape index (κ1) is 15.3. The number of ketones is 1. The standard InChI is InChI=1S/C14H14F3N3O/c1-9(21)10-4-6-20(7-5-10)13-11(8-18)2-3-12(19-13)14(15,16)17/h2-3,10H,4-7H2,1H3. The SMILES string of the molecule is CC(=O)C1CCN(c2nc(C(F)(F)F)ccc2C#N)CC1. The lowest BCUT2D eigenvalue weighted by atomic mass is 9.93. The first-order valence-electron chi connectivity index (χ1n) is 6.56. The molecule has 0 aliphatic carbocycles. The van der Waals surface area contributed by atoms with E-state index < -0.39 is 11.9 Å². The van der Waals surface area contributed by atoms with Crippen LogP contribution in [0, 0.1) is 17.2 Å². The fourth-order valence-corrected chi connectivity index (χ4v) is 2.43. The van der Waals surface area contributed by atoms with Crippen molar-refractivity contribution >= 4 is 11.6 Å². The van der Waals surface area contributed by atoms with Gasteiger partial charge in [-0.25, -0.2) is 4.98 Å². The van der Waals surface area contributed by atoms with Crippen molar-refractivity contribution in [2.45, 2.75) is 25.9 Å². The molecule has 4 nitrogen and oxygen atoms in total. The van der Waals surface area contributed by atoms with E-state index in [0.29, 0.717) is 25.9 Å². The maximum Gasteiger partial charge on any atom is 0.433 e. The van der Waals surface area contributed by atoms with Gasteiger partial charge in [0.25, 0.3) is 0 Å². The summed E-state index contributed by atoms with van der Waals surface area (Å²) >= 11 is 0. The molecule has 2 heterocycles. The van der Waals surface area contributed by atoms with Crippen LogP contribution in [0.2, 0.25) is 0 Å². The van der Waals surface area contributed by atoms with Gasteiger partial charge in [0.2, 0.25) is 0 Å². The molecule has 0 N–H and O–H groups in total. The molecule has 1 fully saturated rings. The third-order valence-corrected chi connectivity index (χ3v) is 3.66. The zero-order valence-corrected chi connectivity index (χ0v) is 11.4. The molecule has 1 aromatic rings. The van der Waals surface area contributed by atoms with Crippen LogP contribution in [0.1, 0.15) is 31.0 Å². The number of aromatic nitrogens is 1. The number of piperidine rings is 1. The van der Waals surface area contributed by atoms with Crippen LogP contribution in [-0.2, 0) is 11.0 Å². The number of hydrogen-bond donors (Lipinski definition) is 0. The summed E-state index contributed by atoms with van der Waals surface area (Å²) in [5.74, 6) is 0.0825. The van der Waals surface area contributed by atoms with E-state index in [1.807, 2.05) is 6.07 Å². The van der Waals surface area contributed by atoms with Gasteiger partial charge in [-0.1, -0.05) is 0 Å². The lowest BCUT2D eigenvalue weighted by Gasteiger charge is -2.32. The quantitative estimate of drug-likeness (QED) is 0.842. The van der Waals surface area contributed by atoms with Gasteiger partial charge in [-0.15, -0.1) is 0 Å². The number of halogens is 3. The number of carbonyl (C=O) groups is 1. The van der Waals surface area contributed by atoms with Crippen molar-refractivity contribution < 1.29 is 18.0 Å². The van der Waals surface area contributed by atoms with E-state index >= 15 is 0 Å². The van der Waals surface area contributed by atoms with Crippen molar-refractivity contribution in [3.63, 3.8) is 0 Å². The molecule has 1 aromatic heterocycles. The van der Waals surface area contributed by atoms with Crippen LogP contribution in [0.4, 0.5) is 19.0 Å². The number of alkyl halides is 3. The summed E-state index contributed by atoms with van der Waals surface area (Å²) in [6, 6.07) is 3.82. The van der Waals surface area contributed by atoms with Crippen LogP contribution >= 0.6 is 0 Å². The van der Waals surface area contributed by atoms with Gasteiger partial charge >= 0.3 is 6.18 Å². The van der Waals surface area contributed by atoms with Crippen LogP contribution in [0.5, 0.6) is 0 Å². The van der Waals surface area contributed by atoms with E-state index in [0.717, 1.165) is 12.1 Å². The number of carbonyl (C=O) groups excluding carboxylic acids is 1. The summed E-state index contributed by atoms with van der Waals surface area (Å²) in [6.07, 6.45) is -3.41. The molecule has 1 aliphatic heterocycles. The van der Waals surface area contributed by atoms with Gasteiger partial charge < -0.3 is 4.90 Å². The van der Waals surface area contributed by atoms with E-state index in [1.165, 1.54) is 6.92 Å². The summed E-state index contributed by atoms with van der Waals surface area (Å²) in [4.78, 5) is 16.6. The highest BCUT2D eigenvalue weighted by molar-refractivity contribution is 5.78. The second kappa shape index (κ2) is 5.72. The van der Waals surface area contributed by atoms with Crippen molar-refractivity contribution in [3.8, 4) is 6.07 Å². The largest absolute Gasteiger partial charge is 0.433 e. The highest BCUT2D eigenvalue weighted by atomic mass is 19.4. The Bertz CT molecular complexity index is 584. The molecule has 7 heteroatoms. The van der Waals surface area contributed by atoms with Gasteiger partial charge in [0, 0.05) is 19.0 Å². The first-order valence-corrected chi connectivity index (χ1v) is 6.56. The van der Waals surface area contributed by atoms with Gasteiger partial charge in [-0.05, 0) is 31.9 Å². The number of pyridine rings is 1. The molecule has 1 saturated heterocycles. The Hall–Kier alpha value is -2.10. The van der Waals surface area contributed by atoms with Crippen LogP contribution in [0.15, 0.2) is 12.1 Å². The zero-order valence-electron chi connectivity index (χ0n) is 11.4. The van der Waals surface area contributed by atoms with Crippen LogP contribution in [0.3, 0.4) is 0 Å². The highest BCUT2D eigenvalue weighted by Gasteiger charge is 2.34. The van der Waals surface area contributed by atoms with E-state index in [9.17, 15) is 18.0 Å². The third kappa shape index (κ3) is 3.32. The Morgan fingerprint density at radius 1 is 1.38 bits per heavy atom. The van der Waals surface area contributed by atoms with Crippen molar-refractivity contribution in [2.24, 2.45) is 5.92 Å². The predicted octanol–water partition coefficient (Wildman–Crippen LogP) is 2.78. The van der Waals surface area contributed by atoms with Crippen molar-refractivity contribution in [1.29, 1.82) is 5.26 Å². The maximum absolute atomic E-state index is 12.7. The van der Waals surface area contributed by atoms with Crippen molar-refractivity contribution in [1.82, 2.24) is 4.98 Å². The molecule has 0 atom stereocenters. The number of anilines is 1. The van der Waals surface area contributed by atoms with Crippen molar-refractivity contribution in [3.05, 3.63) is 23.4 Å². The molecule has 112 valence electrons. The zero-order chi connectivity index (χ0) is 15.6.